The van der Waals surface area contributed by atoms with Crippen LogP contribution >= 0.6 is 11.3 Å². The summed E-state index contributed by atoms with van der Waals surface area (Å²) in [6.45, 7) is 5.96. The third-order valence-corrected chi connectivity index (χ3v) is 5.89. The Labute approximate surface area is 178 Å². The first-order chi connectivity index (χ1) is 14.4. The first-order valence-electron chi connectivity index (χ1n) is 8.97. The number of pyridine rings is 1. The second kappa shape index (κ2) is 7.98. The molecule has 31 heavy (non-hydrogen) atoms. The number of anilines is 1. The van der Waals surface area contributed by atoms with Gasteiger partial charge in [0.2, 0.25) is 5.91 Å². The lowest BCUT2D eigenvalue weighted by Gasteiger charge is -2.15. The number of aromatic nitrogens is 3. The first-order valence-corrected chi connectivity index (χ1v) is 9.78. The van der Waals surface area contributed by atoms with Crippen molar-refractivity contribution in [1.82, 2.24) is 14.8 Å². The lowest BCUT2D eigenvalue weighted by molar-refractivity contribution is -0.386. The number of hydrogen-bond donors (Lipinski definition) is 2. The lowest BCUT2D eigenvalue weighted by atomic mass is 10.1. The van der Waals surface area contributed by atoms with Crippen LogP contribution in [0, 0.1) is 30.9 Å². The van der Waals surface area contributed by atoms with Gasteiger partial charge < -0.3 is 11.1 Å². The predicted molar refractivity (Wildman–Crippen MR) is 110 cm³/mol. The van der Waals surface area contributed by atoms with Crippen molar-refractivity contribution in [1.29, 1.82) is 0 Å². The van der Waals surface area contributed by atoms with Crippen LogP contribution in [0.5, 0.6) is 0 Å². The van der Waals surface area contributed by atoms with Gasteiger partial charge in [-0.2, -0.15) is 5.10 Å². The number of fused-ring (bicyclic) bond motifs is 1. The monoisotopic (exact) mass is 452 g/mol. The highest BCUT2D eigenvalue weighted by molar-refractivity contribution is 7.21. The van der Waals surface area contributed by atoms with Gasteiger partial charge in [-0.3, -0.25) is 24.4 Å². The fourth-order valence-corrected chi connectivity index (χ4v) is 4.41. The van der Waals surface area contributed by atoms with Crippen LogP contribution in [0.25, 0.3) is 10.2 Å². The standard InChI is InChI=1S/C18H18F2N6O4S/c1-6-5-10(15(19)20)22-18-11(6)12(14(31-18)16(21)27)23-17(28)9(4)25-8(3)13(26(29)30)7(2)24-25/h5,9,15H,1-4H3,(H2,21,27)(H,23,28). The zero-order chi connectivity index (χ0) is 23.2. The normalized spacial score (nSPS) is 12.4. The number of nitro groups is 1. The number of nitrogens with one attached hydrogen (secondary N) is 1. The summed E-state index contributed by atoms with van der Waals surface area (Å²) in [4.78, 5) is 39.5. The Balaban J connectivity index is 2.06. The predicted octanol–water partition coefficient (Wildman–Crippen LogP) is 3.56. The van der Waals surface area contributed by atoms with Gasteiger partial charge in [0.05, 0.1) is 10.6 Å². The largest absolute Gasteiger partial charge is 0.365 e. The number of hydrogen-bond acceptors (Lipinski definition) is 7. The van der Waals surface area contributed by atoms with Crippen LogP contribution in [-0.2, 0) is 4.79 Å². The maximum absolute atomic E-state index is 13.1. The average Bonchev–Trinajstić information content (AvgIpc) is 3.18. The second-order valence-electron chi connectivity index (χ2n) is 6.90. The second-order valence-corrected chi connectivity index (χ2v) is 7.90. The number of nitrogens with zero attached hydrogens (tertiary/aromatic N) is 4. The quantitative estimate of drug-likeness (QED) is 0.432. The molecule has 0 fully saturated rings. The molecule has 1 unspecified atom stereocenters. The molecule has 0 aliphatic rings. The molecule has 164 valence electrons. The van der Waals surface area contributed by atoms with Gasteiger partial charge in [0.1, 0.15) is 32.8 Å². The Morgan fingerprint density at radius 2 is 1.97 bits per heavy atom. The van der Waals surface area contributed by atoms with Crippen molar-refractivity contribution in [2.75, 3.05) is 5.32 Å². The fraction of sp³-hybridized carbons (Fsp3) is 0.333. The van der Waals surface area contributed by atoms with Crippen molar-refractivity contribution in [3.05, 3.63) is 43.7 Å². The van der Waals surface area contributed by atoms with Crippen LogP contribution in [-0.4, -0.2) is 31.5 Å². The van der Waals surface area contributed by atoms with Gasteiger partial charge >= 0.3 is 5.69 Å². The molecular formula is C18H18F2N6O4S. The van der Waals surface area contributed by atoms with E-state index in [-0.39, 0.29) is 32.5 Å². The number of alkyl halides is 2. The van der Waals surface area contributed by atoms with E-state index in [1.807, 2.05) is 0 Å². The van der Waals surface area contributed by atoms with Gasteiger partial charge in [0.15, 0.2) is 0 Å². The van der Waals surface area contributed by atoms with Crippen molar-refractivity contribution in [2.24, 2.45) is 5.73 Å². The molecule has 10 nitrogen and oxygen atoms in total. The third kappa shape index (κ3) is 3.83. The minimum absolute atomic E-state index is 0.0445. The molecule has 3 rings (SSSR count). The van der Waals surface area contributed by atoms with E-state index in [9.17, 15) is 28.5 Å². The highest BCUT2D eigenvalue weighted by Crippen LogP contribution is 2.38. The molecule has 0 bridgehead atoms. The summed E-state index contributed by atoms with van der Waals surface area (Å²) in [5, 5.41) is 18.2. The van der Waals surface area contributed by atoms with E-state index in [1.54, 1.807) is 6.92 Å². The Morgan fingerprint density at radius 1 is 1.32 bits per heavy atom. The smallest absolute Gasteiger partial charge is 0.312 e. The molecule has 0 aromatic carbocycles. The molecule has 0 spiro atoms. The molecule has 0 aliphatic heterocycles. The molecule has 0 saturated heterocycles. The van der Waals surface area contributed by atoms with E-state index in [2.05, 4.69) is 15.4 Å². The molecule has 2 amide bonds. The number of carbonyl (C=O) groups is 2. The lowest BCUT2D eigenvalue weighted by Crippen LogP contribution is -2.26. The van der Waals surface area contributed by atoms with Crippen molar-refractivity contribution >= 4 is 44.7 Å². The molecular weight excluding hydrogens is 434 g/mol. The van der Waals surface area contributed by atoms with Gasteiger partial charge in [-0.05, 0) is 39.3 Å². The van der Waals surface area contributed by atoms with Crippen LogP contribution in [0.3, 0.4) is 0 Å². The molecule has 3 aromatic rings. The number of rotatable bonds is 6. The van der Waals surface area contributed by atoms with E-state index >= 15 is 0 Å². The molecule has 0 aliphatic carbocycles. The molecule has 3 N–H and O–H groups in total. The summed E-state index contributed by atoms with van der Waals surface area (Å²) >= 11 is 0.795. The van der Waals surface area contributed by atoms with E-state index in [0.29, 0.717) is 10.9 Å². The number of nitrogens with two attached hydrogens (primary N) is 1. The van der Waals surface area contributed by atoms with Gasteiger partial charge in [-0.15, -0.1) is 11.3 Å². The fourth-order valence-electron chi connectivity index (χ4n) is 3.35. The Kier molecular flexibility index (Phi) is 5.72. The SMILES string of the molecule is Cc1nn(C(C)C(=O)Nc2c(C(N)=O)sc3nc(C(F)F)cc(C)c23)c(C)c1[N+](=O)[O-]. The van der Waals surface area contributed by atoms with E-state index in [1.165, 1.54) is 31.5 Å². The number of aryl methyl sites for hydroxylation is 2. The average molecular weight is 452 g/mol. The number of halogens is 2. The van der Waals surface area contributed by atoms with Crippen LogP contribution in [0.1, 0.15) is 51.7 Å². The minimum atomic E-state index is -2.80. The molecule has 3 heterocycles. The zero-order valence-electron chi connectivity index (χ0n) is 16.9. The zero-order valence-corrected chi connectivity index (χ0v) is 17.7. The van der Waals surface area contributed by atoms with E-state index < -0.39 is 34.9 Å². The van der Waals surface area contributed by atoms with Crippen LogP contribution in [0.2, 0.25) is 0 Å². The number of amides is 2. The van der Waals surface area contributed by atoms with Gasteiger partial charge in [0, 0.05) is 5.39 Å². The molecule has 0 saturated carbocycles. The third-order valence-electron chi connectivity index (χ3n) is 4.79. The molecule has 13 heteroatoms. The van der Waals surface area contributed by atoms with Crippen LogP contribution in [0.4, 0.5) is 20.2 Å². The van der Waals surface area contributed by atoms with Crippen molar-refractivity contribution in [3.63, 3.8) is 0 Å². The Bertz CT molecular complexity index is 1240. The minimum Gasteiger partial charge on any atom is -0.365 e. The Hall–Kier alpha value is -3.48. The van der Waals surface area contributed by atoms with Crippen LogP contribution < -0.4 is 11.1 Å². The summed E-state index contributed by atoms with van der Waals surface area (Å²) in [5.74, 6) is -1.48. The molecule has 3 aromatic heterocycles. The summed E-state index contributed by atoms with van der Waals surface area (Å²) < 4.78 is 27.4. The maximum atomic E-state index is 13.1. The van der Waals surface area contributed by atoms with Gasteiger partial charge in [0.25, 0.3) is 12.3 Å². The number of carbonyl (C=O) groups excluding carboxylic acids is 2. The summed E-state index contributed by atoms with van der Waals surface area (Å²) in [5.41, 5.74) is 5.56. The van der Waals surface area contributed by atoms with Crippen molar-refractivity contribution in [2.45, 2.75) is 40.2 Å². The summed E-state index contributed by atoms with van der Waals surface area (Å²) in [6.07, 6.45) is -2.80. The van der Waals surface area contributed by atoms with Crippen molar-refractivity contribution < 1.29 is 23.3 Å². The maximum Gasteiger partial charge on any atom is 0.312 e. The topological polar surface area (TPSA) is 146 Å². The molecule has 1 atom stereocenters. The summed E-state index contributed by atoms with van der Waals surface area (Å²) in [7, 11) is 0. The molecule has 0 radical (unpaired) electrons. The number of thiophene rings is 1. The van der Waals surface area contributed by atoms with Gasteiger partial charge in [-0.25, -0.2) is 13.8 Å². The number of primary amides is 1. The highest BCUT2D eigenvalue weighted by atomic mass is 32.1. The highest BCUT2D eigenvalue weighted by Gasteiger charge is 2.29. The van der Waals surface area contributed by atoms with E-state index in [0.717, 1.165) is 11.3 Å². The van der Waals surface area contributed by atoms with Crippen molar-refractivity contribution in [3.8, 4) is 0 Å². The summed E-state index contributed by atoms with van der Waals surface area (Å²) in [6, 6.07) is 0.199. The van der Waals surface area contributed by atoms with Crippen LogP contribution in [0.15, 0.2) is 6.07 Å². The van der Waals surface area contributed by atoms with Gasteiger partial charge in [-0.1, -0.05) is 0 Å². The Morgan fingerprint density at radius 3 is 2.48 bits per heavy atom. The van der Waals surface area contributed by atoms with E-state index in [4.69, 9.17) is 5.73 Å². The first kappa shape index (κ1) is 22.2.